The van der Waals surface area contributed by atoms with Crippen molar-refractivity contribution in [3.05, 3.63) is 25.3 Å². The molecule has 0 amide bonds. The van der Waals surface area contributed by atoms with Gasteiger partial charge in [-0.15, -0.1) is 13.2 Å². The minimum absolute atomic E-state index is 0. The molecule has 0 heterocycles. The van der Waals surface area contributed by atoms with E-state index >= 15 is 0 Å². The molecule has 0 atom stereocenters. The predicted molar refractivity (Wildman–Crippen MR) is 80.8 cm³/mol. The summed E-state index contributed by atoms with van der Waals surface area (Å²) in [5.74, 6) is 0. The molecule has 11 heteroatoms. The molecule has 0 aliphatic carbocycles. The van der Waals surface area contributed by atoms with Gasteiger partial charge in [-0.2, -0.15) is 0 Å². The van der Waals surface area contributed by atoms with Crippen LogP contribution in [0.2, 0.25) is 0 Å². The first-order valence-corrected chi connectivity index (χ1v) is 8.86. The number of rotatable bonds is 0. The second-order valence-electron chi connectivity index (χ2n) is 1.84. The summed E-state index contributed by atoms with van der Waals surface area (Å²) in [6.07, 6.45) is 3.50. The maximum absolute atomic E-state index is 7.56. The molecule has 0 spiro atoms. The van der Waals surface area contributed by atoms with Crippen molar-refractivity contribution in [2.24, 2.45) is 0 Å². The third-order valence-electron chi connectivity index (χ3n) is 0. The van der Waals surface area contributed by atoms with Gasteiger partial charge in [0.15, 0.2) is 0 Å². The van der Waals surface area contributed by atoms with Crippen LogP contribution in [-0.2, 0) is 23.6 Å². The molecule has 0 aromatic heterocycles. The van der Waals surface area contributed by atoms with E-state index in [9.17, 15) is 0 Å². The number of hydrogen-bond acceptors (Lipinski definition) is 2. The van der Waals surface area contributed by atoms with Crippen molar-refractivity contribution in [3.63, 3.8) is 0 Å². The van der Waals surface area contributed by atoms with Gasteiger partial charge in [0, 0.05) is 0 Å². The predicted octanol–water partition coefficient (Wildman–Crippen LogP) is 0.112. The first-order chi connectivity index (χ1) is 6.83. The fraction of sp³-hybridized carbons (Fsp3) is 0.333. The van der Waals surface area contributed by atoms with Crippen molar-refractivity contribution in [2.75, 3.05) is 0 Å². The first-order valence-electron chi connectivity index (χ1n) is 3.54. The second-order valence-corrected chi connectivity index (χ2v) is 6.84. The Hall–Kier alpha value is 1.54. The monoisotopic (exact) mass is 336 g/mol. The van der Waals surface area contributed by atoms with E-state index in [4.69, 9.17) is 29.4 Å². The molecule has 0 rings (SSSR count). The summed E-state index contributed by atoms with van der Waals surface area (Å²) in [7, 11) is 0. The molecule has 0 unspecified atom stereocenters. The summed E-state index contributed by atoms with van der Waals surface area (Å²) in [6.45, 7) is 2.89. The number of hydrogen-bond donors (Lipinski definition) is 6. The average molecular weight is 336 g/mol. The molecule has 0 radical (unpaired) electrons. The summed E-state index contributed by atoms with van der Waals surface area (Å²) >= 11 is 7.21. The standard InChI is InChI=1S/2C3H6.Na.2H3O3PS.H/c2*1-3-2;;2*1-4(2,3)5;/h2*3H,1H2,2H3;;2*(H3,1,2,3,5);. The summed E-state index contributed by atoms with van der Waals surface area (Å²) in [6, 6.07) is 0. The molecule has 0 fully saturated rings. The first kappa shape index (κ1) is 31.1. The van der Waals surface area contributed by atoms with E-state index in [0.717, 1.165) is 0 Å². The molecule has 0 saturated carbocycles. The third-order valence-corrected chi connectivity index (χ3v) is 0. The Bertz CT molecular complexity index is 208. The average Bonchev–Trinajstić information content (AvgIpc) is 1.79. The summed E-state index contributed by atoms with van der Waals surface area (Å²) in [5.41, 5.74) is 0. The molecule has 0 saturated heterocycles. The van der Waals surface area contributed by atoms with Crippen LogP contribution in [0.5, 0.6) is 0 Å². The van der Waals surface area contributed by atoms with Crippen molar-refractivity contribution >= 4 is 66.6 Å². The van der Waals surface area contributed by atoms with Gasteiger partial charge in [0.2, 0.25) is 0 Å². The quantitative estimate of drug-likeness (QED) is 0.209. The Morgan fingerprint density at radius 2 is 0.765 bits per heavy atom. The van der Waals surface area contributed by atoms with Gasteiger partial charge in [0.25, 0.3) is 0 Å². The Balaban J connectivity index is -0.0000000381. The van der Waals surface area contributed by atoms with E-state index in [-0.39, 0.29) is 29.6 Å². The Kier molecular flexibility index (Phi) is 36.4. The molecule has 6 N–H and O–H groups in total. The molecular weight excluding hydrogens is 317 g/mol. The third kappa shape index (κ3) is 1790. The van der Waals surface area contributed by atoms with Crippen LogP contribution >= 0.6 is 13.4 Å². The van der Waals surface area contributed by atoms with Gasteiger partial charge in [-0.1, -0.05) is 12.2 Å². The van der Waals surface area contributed by atoms with E-state index in [1.807, 2.05) is 13.8 Å². The Morgan fingerprint density at radius 1 is 0.765 bits per heavy atom. The normalized spacial score (nSPS) is 8.47. The van der Waals surface area contributed by atoms with Crippen molar-refractivity contribution in [1.82, 2.24) is 0 Å². The van der Waals surface area contributed by atoms with Crippen LogP contribution < -0.4 is 0 Å². The van der Waals surface area contributed by atoms with Gasteiger partial charge in [-0.3, -0.25) is 0 Å². The second kappa shape index (κ2) is 19.9. The minimum atomic E-state index is -3.81. The van der Waals surface area contributed by atoms with E-state index in [2.05, 4.69) is 36.8 Å². The zero-order valence-corrected chi connectivity index (χ0v) is 12.4. The van der Waals surface area contributed by atoms with Crippen LogP contribution in [0.3, 0.4) is 0 Å². The molecular formula is C6H19NaO6P2S2. The van der Waals surface area contributed by atoms with Crippen molar-refractivity contribution < 1.29 is 29.4 Å². The molecule has 0 aromatic carbocycles. The summed E-state index contributed by atoms with van der Waals surface area (Å²) < 4.78 is 0. The fourth-order valence-corrected chi connectivity index (χ4v) is 0. The van der Waals surface area contributed by atoms with Crippen LogP contribution in [-0.4, -0.2) is 58.9 Å². The van der Waals surface area contributed by atoms with Crippen LogP contribution in [0.1, 0.15) is 13.8 Å². The van der Waals surface area contributed by atoms with Crippen molar-refractivity contribution in [2.45, 2.75) is 13.8 Å². The molecule has 0 aromatic rings. The molecule has 0 aliphatic rings. The molecule has 6 nitrogen and oxygen atoms in total. The number of allylic oxidation sites excluding steroid dienone is 2. The van der Waals surface area contributed by atoms with Crippen LogP contribution in [0.25, 0.3) is 0 Å². The molecule has 0 bridgehead atoms. The van der Waals surface area contributed by atoms with Crippen LogP contribution in [0, 0.1) is 0 Å². The molecule has 102 valence electrons. The van der Waals surface area contributed by atoms with Gasteiger partial charge in [-0.05, 0) is 37.5 Å². The van der Waals surface area contributed by atoms with Gasteiger partial charge in [0.1, 0.15) is 0 Å². The Morgan fingerprint density at radius 3 is 0.765 bits per heavy atom. The van der Waals surface area contributed by atoms with E-state index in [1.165, 1.54) is 0 Å². The topological polar surface area (TPSA) is 121 Å². The Labute approximate surface area is 134 Å². The summed E-state index contributed by atoms with van der Waals surface area (Å²) in [5, 5.41) is 0. The molecule has 17 heavy (non-hydrogen) atoms. The van der Waals surface area contributed by atoms with Crippen LogP contribution in [0.4, 0.5) is 0 Å². The zero-order chi connectivity index (χ0) is 14.4. The zero-order valence-electron chi connectivity index (χ0n) is 8.96. The molecule has 0 aliphatic heterocycles. The van der Waals surface area contributed by atoms with Crippen molar-refractivity contribution in [1.29, 1.82) is 0 Å². The van der Waals surface area contributed by atoms with Crippen molar-refractivity contribution in [3.8, 4) is 0 Å². The summed E-state index contributed by atoms with van der Waals surface area (Å²) in [4.78, 5) is 45.3. The van der Waals surface area contributed by atoms with Gasteiger partial charge < -0.3 is 29.4 Å². The van der Waals surface area contributed by atoms with E-state index in [1.54, 1.807) is 12.2 Å². The van der Waals surface area contributed by atoms with E-state index < -0.39 is 13.4 Å². The fourth-order valence-electron chi connectivity index (χ4n) is 0. The van der Waals surface area contributed by atoms with Gasteiger partial charge in [-0.25, -0.2) is 0 Å². The SMILES string of the molecule is C=CC.C=CC.OP(O)(O)=S.OP(O)(O)=S.[NaH]. The van der Waals surface area contributed by atoms with Gasteiger partial charge >= 0.3 is 43.0 Å². The van der Waals surface area contributed by atoms with E-state index in [0.29, 0.717) is 0 Å². The maximum atomic E-state index is 7.56. The van der Waals surface area contributed by atoms with Gasteiger partial charge in [0.05, 0.1) is 0 Å². The van der Waals surface area contributed by atoms with Crippen LogP contribution in [0.15, 0.2) is 25.3 Å².